The van der Waals surface area contributed by atoms with Gasteiger partial charge in [-0.25, -0.2) is 0 Å². The van der Waals surface area contributed by atoms with Crippen LogP contribution in [0, 0.1) is 20.8 Å². The first-order valence-corrected chi connectivity index (χ1v) is 11.6. The van der Waals surface area contributed by atoms with Crippen molar-refractivity contribution in [3.63, 3.8) is 0 Å². The van der Waals surface area contributed by atoms with E-state index in [2.05, 4.69) is 36.0 Å². The summed E-state index contributed by atoms with van der Waals surface area (Å²) in [6.07, 6.45) is 1.84. The quantitative estimate of drug-likeness (QED) is 0.658. The molecule has 174 valence electrons. The van der Waals surface area contributed by atoms with E-state index < -0.39 is 0 Å². The maximum Gasteiger partial charge on any atom is 0.253 e. The van der Waals surface area contributed by atoms with E-state index >= 15 is 0 Å². The summed E-state index contributed by atoms with van der Waals surface area (Å²) in [6.45, 7) is 13.7. The molecule has 1 aromatic carbocycles. The van der Waals surface area contributed by atoms with Crippen LogP contribution in [0.25, 0.3) is 0 Å². The number of carbonyl (C=O) groups is 1. The summed E-state index contributed by atoms with van der Waals surface area (Å²) < 4.78 is 5.90. The van der Waals surface area contributed by atoms with Crippen molar-refractivity contribution < 1.29 is 9.53 Å². The third-order valence-corrected chi connectivity index (χ3v) is 6.49. The second-order valence-corrected chi connectivity index (χ2v) is 9.70. The molecule has 1 amide bonds. The molecule has 32 heavy (non-hydrogen) atoms. The van der Waals surface area contributed by atoms with Gasteiger partial charge in [0.05, 0.1) is 5.60 Å². The fraction of sp³-hybridized carbons (Fsp3) is 0.520. The SMILES string of the molecule is CCN(c1cc(Cl)cc(C(=O)NCc2c(C)cc(C)[nH]c2=O)c1C)C1CCOC(C)(C)C1. The van der Waals surface area contributed by atoms with E-state index in [1.54, 1.807) is 6.07 Å². The van der Waals surface area contributed by atoms with Crippen LogP contribution in [0.4, 0.5) is 5.69 Å². The Kier molecular flexibility index (Phi) is 7.36. The Morgan fingerprint density at radius 3 is 2.62 bits per heavy atom. The minimum absolute atomic E-state index is 0.160. The summed E-state index contributed by atoms with van der Waals surface area (Å²) in [5, 5.41) is 3.42. The van der Waals surface area contributed by atoms with Crippen LogP contribution >= 0.6 is 11.6 Å². The molecule has 1 aliphatic heterocycles. The lowest BCUT2D eigenvalue weighted by molar-refractivity contribution is -0.0588. The van der Waals surface area contributed by atoms with Crippen LogP contribution in [0.1, 0.15) is 66.4 Å². The number of carbonyl (C=O) groups excluding carboxylic acids is 1. The van der Waals surface area contributed by atoms with Gasteiger partial charge in [-0.05, 0) is 83.7 Å². The number of aromatic nitrogens is 1. The zero-order chi connectivity index (χ0) is 23.6. The number of hydrogen-bond acceptors (Lipinski definition) is 4. The molecule has 3 rings (SSSR count). The van der Waals surface area contributed by atoms with Gasteiger partial charge in [0.15, 0.2) is 0 Å². The van der Waals surface area contributed by atoms with Gasteiger partial charge in [-0.1, -0.05) is 11.6 Å². The molecule has 2 N–H and O–H groups in total. The Bertz CT molecular complexity index is 1060. The van der Waals surface area contributed by atoms with Gasteiger partial charge in [-0.3, -0.25) is 9.59 Å². The molecule has 2 heterocycles. The second kappa shape index (κ2) is 9.67. The van der Waals surface area contributed by atoms with Gasteiger partial charge in [-0.2, -0.15) is 0 Å². The number of nitrogens with one attached hydrogen (secondary N) is 2. The third-order valence-electron chi connectivity index (χ3n) is 6.27. The van der Waals surface area contributed by atoms with E-state index in [9.17, 15) is 9.59 Å². The maximum atomic E-state index is 13.1. The van der Waals surface area contributed by atoms with Crippen molar-refractivity contribution in [2.45, 2.75) is 72.6 Å². The zero-order valence-corrected chi connectivity index (χ0v) is 20.7. The van der Waals surface area contributed by atoms with E-state index in [-0.39, 0.29) is 23.6 Å². The van der Waals surface area contributed by atoms with Crippen LogP contribution in [0.3, 0.4) is 0 Å². The molecule has 0 spiro atoms. The van der Waals surface area contributed by atoms with Crippen LogP contribution in [-0.4, -0.2) is 35.7 Å². The fourth-order valence-corrected chi connectivity index (χ4v) is 4.87. The summed E-state index contributed by atoms with van der Waals surface area (Å²) in [5.41, 5.74) is 4.24. The summed E-state index contributed by atoms with van der Waals surface area (Å²) >= 11 is 6.46. The number of ether oxygens (including phenoxy) is 1. The van der Waals surface area contributed by atoms with Gasteiger partial charge in [0.1, 0.15) is 0 Å². The number of aromatic amines is 1. The van der Waals surface area contributed by atoms with Gasteiger partial charge < -0.3 is 19.9 Å². The summed E-state index contributed by atoms with van der Waals surface area (Å²) in [7, 11) is 0. The molecule has 0 aliphatic carbocycles. The normalized spacial score (nSPS) is 17.8. The highest BCUT2D eigenvalue weighted by atomic mass is 35.5. The molecule has 0 saturated carbocycles. The average Bonchev–Trinajstić information content (AvgIpc) is 2.69. The highest BCUT2D eigenvalue weighted by molar-refractivity contribution is 6.31. The first-order valence-electron chi connectivity index (χ1n) is 11.2. The van der Waals surface area contributed by atoms with Crippen molar-refractivity contribution >= 4 is 23.2 Å². The van der Waals surface area contributed by atoms with E-state index in [1.165, 1.54) is 0 Å². The van der Waals surface area contributed by atoms with E-state index in [1.807, 2.05) is 32.9 Å². The Hall–Kier alpha value is -2.31. The van der Waals surface area contributed by atoms with Crippen LogP contribution in [0.15, 0.2) is 23.0 Å². The Morgan fingerprint density at radius 2 is 2.00 bits per heavy atom. The number of anilines is 1. The van der Waals surface area contributed by atoms with Gasteiger partial charge in [0.2, 0.25) is 0 Å². The molecule has 0 bridgehead atoms. The van der Waals surface area contributed by atoms with Crippen molar-refractivity contribution in [1.29, 1.82) is 0 Å². The predicted octanol–water partition coefficient (Wildman–Crippen LogP) is 4.67. The highest BCUT2D eigenvalue weighted by Gasteiger charge is 2.33. The predicted molar refractivity (Wildman–Crippen MR) is 130 cm³/mol. The molecule has 1 aromatic heterocycles. The molecule has 1 fully saturated rings. The molecule has 2 aromatic rings. The number of amides is 1. The molecule has 1 unspecified atom stereocenters. The number of halogens is 1. The molecule has 6 nitrogen and oxygen atoms in total. The minimum Gasteiger partial charge on any atom is -0.375 e. The Labute approximate surface area is 195 Å². The lowest BCUT2D eigenvalue weighted by Gasteiger charge is -2.42. The van der Waals surface area contributed by atoms with Gasteiger partial charge >= 0.3 is 0 Å². The van der Waals surface area contributed by atoms with Crippen molar-refractivity contribution in [2.75, 3.05) is 18.1 Å². The maximum absolute atomic E-state index is 13.1. The lowest BCUT2D eigenvalue weighted by atomic mass is 9.91. The van der Waals surface area contributed by atoms with E-state index in [4.69, 9.17) is 16.3 Å². The second-order valence-electron chi connectivity index (χ2n) is 9.26. The summed E-state index contributed by atoms with van der Waals surface area (Å²) in [4.78, 5) is 30.5. The zero-order valence-electron chi connectivity index (χ0n) is 19.9. The van der Waals surface area contributed by atoms with Crippen LogP contribution in [0.2, 0.25) is 5.02 Å². The van der Waals surface area contributed by atoms with Crippen LogP contribution < -0.4 is 15.8 Å². The molecule has 1 atom stereocenters. The largest absolute Gasteiger partial charge is 0.375 e. The monoisotopic (exact) mass is 459 g/mol. The highest BCUT2D eigenvalue weighted by Crippen LogP contribution is 2.34. The standard InChI is InChI=1S/C25H34ClN3O3/c1-7-29(19-8-9-32-25(5,6)13-19)22-12-18(26)11-20(17(22)4)23(30)27-14-21-15(2)10-16(3)28-24(21)31/h10-12,19H,7-9,13-14H2,1-6H3,(H,27,30)(H,28,31). The fourth-order valence-electron chi connectivity index (χ4n) is 4.65. The number of rotatable bonds is 6. The van der Waals surface area contributed by atoms with Crippen LogP contribution in [-0.2, 0) is 11.3 Å². The number of aryl methyl sites for hydroxylation is 2. The Balaban J connectivity index is 1.87. The van der Waals surface area contributed by atoms with Crippen molar-refractivity contribution in [3.05, 3.63) is 61.5 Å². The molecular formula is C25H34ClN3O3. The average molecular weight is 460 g/mol. The first-order chi connectivity index (χ1) is 15.0. The molecular weight excluding hydrogens is 426 g/mol. The number of H-pyrrole nitrogens is 1. The van der Waals surface area contributed by atoms with Crippen LogP contribution in [0.5, 0.6) is 0 Å². The number of hydrogen-bond donors (Lipinski definition) is 2. The van der Waals surface area contributed by atoms with Gasteiger partial charge in [0.25, 0.3) is 11.5 Å². The molecule has 1 saturated heterocycles. The van der Waals surface area contributed by atoms with E-state index in [0.717, 1.165) is 41.9 Å². The topological polar surface area (TPSA) is 74.4 Å². The smallest absolute Gasteiger partial charge is 0.253 e. The minimum atomic E-state index is -0.242. The Morgan fingerprint density at radius 1 is 1.28 bits per heavy atom. The summed E-state index contributed by atoms with van der Waals surface area (Å²) in [5.74, 6) is -0.242. The molecule has 1 aliphatic rings. The number of nitrogens with zero attached hydrogens (tertiary/aromatic N) is 1. The molecule has 7 heteroatoms. The number of benzene rings is 1. The summed E-state index contributed by atoms with van der Waals surface area (Å²) in [6, 6.07) is 5.85. The lowest BCUT2D eigenvalue weighted by Crippen LogP contribution is -2.46. The van der Waals surface area contributed by atoms with E-state index in [0.29, 0.717) is 28.8 Å². The third kappa shape index (κ3) is 5.36. The van der Waals surface area contributed by atoms with Gasteiger partial charge in [0, 0.05) is 53.3 Å². The van der Waals surface area contributed by atoms with Crippen molar-refractivity contribution in [2.24, 2.45) is 0 Å². The first kappa shape index (κ1) is 24.3. The van der Waals surface area contributed by atoms with Crippen molar-refractivity contribution in [3.8, 4) is 0 Å². The number of pyridine rings is 1. The molecule has 0 radical (unpaired) electrons. The van der Waals surface area contributed by atoms with Gasteiger partial charge in [-0.15, -0.1) is 0 Å². The van der Waals surface area contributed by atoms with Crippen molar-refractivity contribution in [1.82, 2.24) is 10.3 Å².